The summed E-state index contributed by atoms with van der Waals surface area (Å²) in [6, 6.07) is -0.825. The van der Waals surface area contributed by atoms with Crippen molar-refractivity contribution in [1.82, 2.24) is 10.2 Å². The third-order valence-corrected chi connectivity index (χ3v) is 2.44. The molecular weight excluding hydrogens is 216 g/mol. The lowest BCUT2D eigenvalue weighted by Gasteiger charge is -2.21. The Morgan fingerprint density at radius 3 is 2.53 bits per heavy atom. The van der Waals surface area contributed by atoms with Crippen molar-refractivity contribution in [3.63, 3.8) is 0 Å². The van der Waals surface area contributed by atoms with E-state index in [0.29, 0.717) is 6.54 Å². The largest absolute Gasteiger partial charge is 0.480 e. The van der Waals surface area contributed by atoms with Crippen molar-refractivity contribution in [3.8, 4) is 0 Å². The van der Waals surface area contributed by atoms with Crippen molar-refractivity contribution in [1.29, 1.82) is 0 Å². The Balaban J connectivity index is 4.04. The van der Waals surface area contributed by atoms with Crippen LogP contribution in [0.2, 0.25) is 0 Å². The Labute approximate surface area is 94.2 Å². The molecule has 1 unspecified atom stereocenters. The van der Waals surface area contributed by atoms with Crippen LogP contribution < -0.4 is 5.32 Å². The van der Waals surface area contributed by atoms with Crippen LogP contribution in [0, 0.1) is 0 Å². The molecule has 1 atom stereocenters. The van der Waals surface area contributed by atoms with Crippen LogP contribution in [0.25, 0.3) is 0 Å². The van der Waals surface area contributed by atoms with Gasteiger partial charge in [0.05, 0.1) is 0 Å². The number of amides is 1. The summed E-state index contributed by atoms with van der Waals surface area (Å²) >= 11 is 1.70. The Hall–Kier alpha value is -0.750. The normalized spacial score (nSPS) is 12.5. The zero-order valence-corrected chi connectivity index (χ0v) is 10.1. The standard InChI is InChI=1S/C9H18N2O3S/c1-7(12)10-8(9(13)14)6-11(2)4-5-15-3/h8H,4-6H2,1-3H3,(H,10,12)(H,13,14). The first-order chi connectivity index (χ1) is 6.97. The second kappa shape index (κ2) is 7.53. The quantitative estimate of drug-likeness (QED) is 0.642. The Morgan fingerprint density at radius 1 is 1.53 bits per heavy atom. The lowest BCUT2D eigenvalue weighted by atomic mass is 10.2. The molecule has 88 valence electrons. The molecular formula is C9H18N2O3S. The molecule has 0 rings (SSSR count). The zero-order valence-electron chi connectivity index (χ0n) is 9.32. The van der Waals surface area contributed by atoms with E-state index in [1.54, 1.807) is 11.8 Å². The van der Waals surface area contributed by atoms with Gasteiger partial charge in [-0.1, -0.05) is 0 Å². The number of carboxylic acids is 1. The van der Waals surface area contributed by atoms with E-state index in [4.69, 9.17) is 5.11 Å². The van der Waals surface area contributed by atoms with Gasteiger partial charge in [0, 0.05) is 25.8 Å². The smallest absolute Gasteiger partial charge is 0.327 e. The van der Waals surface area contributed by atoms with E-state index in [2.05, 4.69) is 5.32 Å². The zero-order chi connectivity index (χ0) is 11.8. The number of carboxylic acid groups (broad SMARTS) is 1. The van der Waals surface area contributed by atoms with Crippen LogP contribution in [0.5, 0.6) is 0 Å². The lowest BCUT2D eigenvalue weighted by molar-refractivity contribution is -0.142. The number of nitrogens with zero attached hydrogens (tertiary/aromatic N) is 1. The SMILES string of the molecule is CSCCN(C)CC(NC(C)=O)C(=O)O. The maximum atomic E-state index is 10.8. The predicted molar refractivity (Wildman–Crippen MR) is 61.1 cm³/mol. The summed E-state index contributed by atoms with van der Waals surface area (Å²) in [4.78, 5) is 23.4. The second-order valence-electron chi connectivity index (χ2n) is 3.35. The molecule has 0 heterocycles. The molecule has 1 amide bonds. The van der Waals surface area contributed by atoms with Crippen molar-refractivity contribution >= 4 is 23.6 Å². The minimum atomic E-state index is -0.999. The lowest BCUT2D eigenvalue weighted by Crippen LogP contribution is -2.47. The summed E-state index contributed by atoms with van der Waals surface area (Å²) in [5, 5.41) is 11.2. The van der Waals surface area contributed by atoms with Crippen LogP contribution in [-0.4, -0.2) is 60.1 Å². The van der Waals surface area contributed by atoms with Gasteiger partial charge in [0.25, 0.3) is 0 Å². The van der Waals surface area contributed by atoms with Crippen LogP contribution in [0.3, 0.4) is 0 Å². The van der Waals surface area contributed by atoms with Crippen molar-refractivity contribution in [2.75, 3.05) is 32.1 Å². The van der Waals surface area contributed by atoms with E-state index in [1.165, 1.54) is 6.92 Å². The molecule has 0 aliphatic carbocycles. The number of thioether (sulfide) groups is 1. The van der Waals surface area contributed by atoms with Gasteiger partial charge in [-0.2, -0.15) is 11.8 Å². The van der Waals surface area contributed by atoms with Crippen molar-refractivity contribution < 1.29 is 14.7 Å². The Morgan fingerprint density at radius 2 is 2.13 bits per heavy atom. The fourth-order valence-corrected chi connectivity index (χ4v) is 1.58. The second-order valence-corrected chi connectivity index (χ2v) is 4.33. The molecule has 5 nitrogen and oxygen atoms in total. The molecule has 0 saturated carbocycles. The Bertz CT molecular complexity index is 223. The maximum absolute atomic E-state index is 10.8. The maximum Gasteiger partial charge on any atom is 0.327 e. The first-order valence-electron chi connectivity index (χ1n) is 4.64. The highest BCUT2D eigenvalue weighted by molar-refractivity contribution is 7.98. The predicted octanol–water partition coefficient (Wildman–Crippen LogP) is -0.129. The summed E-state index contributed by atoms with van der Waals surface area (Å²) in [7, 11) is 1.84. The molecule has 0 bridgehead atoms. The highest BCUT2D eigenvalue weighted by Crippen LogP contribution is 1.95. The number of hydrogen-bond acceptors (Lipinski definition) is 4. The molecule has 0 spiro atoms. The summed E-state index contributed by atoms with van der Waals surface area (Å²) in [5.41, 5.74) is 0. The molecule has 6 heteroatoms. The fourth-order valence-electron chi connectivity index (χ4n) is 1.08. The molecule has 0 aliphatic heterocycles. The molecule has 0 aromatic carbocycles. The van der Waals surface area contributed by atoms with Gasteiger partial charge in [-0.05, 0) is 13.3 Å². The van der Waals surface area contributed by atoms with E-state index in [9.17, 15) is 9.59 Å². The number of hydrogen-bond donors (Lipinski definition) is 2. The van der Waals surface area contributed by atoms with Gasteiger partial charge >= 0.3 is 5.97 Å². The molecule has 0 fully saturated rings. The summed E-state index contributed by atoms with van der Waals surface area (Å²) in [6.45, 7) is 2.46. The highest BCUT2D eigenvalue weighted by Gasteiger charge is 2.19. The molecule has 0 aromatic rings. The van der Waals surface area contributed by atoms with E-state index < -0.39 is 12.0 Å². The van der Waals surface area contributed by atoms with Crippen LogP contribution in [0.1, 0.15) is 6.92 Å². The van der Waals surface area contributed by atoms with Crippen molar-refractivity contribution in [3.05, 3.63) is 0 Å². The number of likely N-dealkylation sites (N-methyl/N-ethyl adjacent to an activating group) is 1. The number of rotatable bonds is 7. The van der Waals surface area contributed by atoms with Gasteiger partial charge in [-0.25, -0.2) is 4.79 Å². The van der Waals surface area contributed by atoms with Gasteiger partial charge in [-0.15, -0.1) is 0 Å². The number of carbonyl (C=O) groups excluding carboxylic acids is 1. The van der Waals surface area contributed by atoms with Crippen LogP contribution in [0.4, 0.5) is 0 Å². The van der Waals surface area contributed by atoms with Gasteiger partial charge in [0.15, 0.2) is 0 Å². The average molecular weight is 234 g/mol. The van der Waals surface area contributed by atoms with Gasteiger partial charge in [-0.3, -0.25) is 4.79 Å². The van der Waals surface area contributed by atoms with E-state index in [1.807, 2.05) is 18.2 Å². The first-order valence-corrected chi connectivity index (χ1v) is 6.04. The molecule has 15 heavy (non-hydrogen) atoms. The molecule has 0 saturated heterocycles. The third-order valence-electron chi connectivity index (χ3n) is 1.85. The van der Waals surface area contributed by atoms with Crippen molar-refractivity contribution in [2.24, 2.45) is 0 Å². The summed E-state index contributed by atoms with van der Waals surface area (Å²) in [5.74, 6) is -0.370. The minimum absolute atomic E-state index is 0.319. The average Bonchev–Trinajstić information content (AvgIpc) is 2.12. The fraction of sp³-hybridized carbons (Fsp3) is 0.778. The van der Waals surface area contributed by atoms with E-state index >= 15 is 0 Å². The summed E-state index contributed by atoms with van der Waals surface area (Å²) < 4.78 is 0. The minimum Gasteiger partial charge on any atom is -0.480 e. The monoisotopic (exact) mass is 234 g/mol. The first kappa shape index (κ1) is 14.2. The topological polar surface area (TPSA) is 69.6 Å². The molecule has 0 aromatic heterocycles. The summed E-state index contributed by atoms with van der Waals surface area (Å²) in [6.07, 6.45) is 2.00. The Kier molecular flexibility index (Phi) is 7.15. The van der Waals surface area contributed by atoms with Crippen LogP contribution in [-0.2, 0) is 9.59 Å². The molecule has 2 N–H and O–H groups in total. The molecule has 0 radical (unpaired) electrons. The van der Waals surface area contributed by atoms with Crippen LogP contribution >= 0.6 is 11.8 Å². The molecule has 0 aliphatic rings. The number of carbonyl (C=O) groups is 2. The third kappa shape index (κ3) is 7.21. The van der Waals surface area contributed by atoms with Crippen LogP contribution in [0.15, 0.2) is 0 Å². The van der Waals surface area contributed by atoms with Crippen molar-refractivity contribution in [2.45, 2.75) is 13.0 Å². The van der Waals surface area contributed by atoms with E-state index in [0.717, 1.165) is 12.3 Å². The van der Waals surface area contributed by atoms with Gasteiger partial charge in [0.1, 0.15) is 6.04 Å². The highest BCUT2D eigenvalue weighted by atomic mass is 32.2. The number of aliphatic carboxylic acids is 1. The van der Waals surface area contributed by atoms with Gasteiger partial charge in [0.2, 0.25) is 5.91 Å². The van der Waals surface area contributed by atoms with Gasteiger partial charge < -0.3 is 15.3 Å². The number of nitrogens with one attached hydrogen (secondary N) is 1. The van der Waals surface area contributed by atoms with E-state index in [-0.39, 0.29) is 5.91 Å².